The van der Waals surface area contributed by atoms with Gasteiger partial charge < -0.3 is 15.0 Å². The summed E-state index contributed by atoms with van der Waals surface area (Å²) in [6, 6.07) is 15.6. The van der Waals surface area contributed by atoms with Crippen LogP contribution in [0.4, 0.5) is 11.4 Å². The number of nitriles is 1. The van der Waals surface area contributed by atoms with Crippen LogP contribution in [0.1, 0.15) is 28.5 Å². The number of anilines is 1. The van der Waals surface area contributed by atoms with E-state index in [-0.39, 0.29) is 30.1 Å². The number of nitrogens with zero attached hydrogens (tertiary/aromatic N) is 2. The van der Waals surface area contributed by atoms with E-state index in [9.17, 15) is 14.9 Å². The second-order valence-electron chi connectivity index (χ2n) is 6.25. The number of halogens is 1. The summed E-state index contributed by atoms with van der Waals surface area (Å²) < 4.78 is 5.72. The van der Waals surface area contributed by atoms with Crippen LogP contribution in [0, 0.1) is 21.4 Å². The number of para-hydroxylation sites is 1. The Morgan fingerprint density at radius 1 is 1.30 bits per heavy atom. The van der Waals surface area contributed by atoms with Crippen LogP contribution >= 0.6 is 15.9 Å². The fourth-order valence-electron chi connectivity index (χ4n) is 2.95. The predicted molar refractivity (Wildman–Crippen MR) is 115 cm³/mol. The SMILES string of the molecule is CCOC(=O)c1cccc([N+](=O)[O-])c1NCc1ccc(-c2cc(C#N)[nH]c2Br)cc1. The van der Waals surface area contributed by atoms with Crippen LogP contribution in [0.3, 0.4) is 0 Å². The Morgan fingerprint density at radius 2 is 2.03 bits per heavy atom. The molecule has 0 atom stereocenters. The first-order chi connectivity index (χ1) is 14.4. The summed E-state index contributed by atoms with van der Waals surface area (Å²) >= 11 is 3.40. The molecule has 2 N–H and O–H groups in total. The van der Waals surface area contributed by atoms with Crippen LogP contribution in [-0.4, -0.2) is 22.5 Å². The average Bonchev–Trinajstić information content (AvgIpc) is 3.13. The first kappa shape index (κ1) is 21.1. The van der Waals surface area contributed by atoms with E-state index in [1.165, 1.54) is 18.2 Å². The molecule has 0 saturated heterocycles. The second-order valence-corrected chi connectivity index (χ2v) is 7.04. The standard InChI is InChI=1S/C21H17BrN4O4/c1-2-30-21(27)16-4-3-5-18(26(28)29)19(16)24-12-13-6-8-14(9-7-13)17-10-15(11-23)25-20(17)22/h3-10,24-25H,2,12H2,1H3. The third-order valence-corrected chi connectivity index (χ3v) is 4.98. The summed E-state index contributed by atoms with van der Waals surface area (Å²) in [5.74, 6) is -0.621. The minimum atomic E-state index is -0.621. The highest BCUT2D eigenvalue weighted by Gasteiger charge is 2.22. The number of hydrogen-bond acceptors (Lipinski definition) is 6. The third-order valence-electron chi connectivity index (χ3n) is 4.36. The molecule has 2 aromatic carbocycles. The Bertz CT molecular complexity index is 1130. The van der Waals surface area contributed by atoms with E-state index in [1.807, 2.05) is 24.3 Å². The predicted octanol–water partition coefficient (Wildman–Crippen LogP) is 5.01. The van der Waals surface area contributed by atoms with Gasteiger partial charge in [0.05, 0.1) is 21.7 Å². The Hall–Kier alpha value is -3.64. The second kappa shape index (κ2) is 9.24. The van der Waals surface area contributed by atoms with Gasteiger partial charge in [-0.3, -0.25) is 10.1 Å². The van der Waals surface area contributed by atoms with Crippen LogP contribution in [0.5, 0.6) is 0 Å². The van der Waals surface area contributed by atoms with Crippen molar-refractivity contribution in [1.29, 1.82) is 5.26 Å². The van der Waals surface area contributed by atoms with Crippen LogP contribution in [0.15, 0.2) is 53.1 Å². The summed E-state index contributed by atoms with van der Waals surface area (Å²) in [6.45, 7) is 2.12. The number of aromatic amines is 1. The molecule has 0 unspecified atom stereocenters. The van der Waals surface area contributed by atoms with E-state index in [4.69, 9.17) is 10.00 Å². The van der Waals surface area contributed by atoms with Gasteiger partial charge in [0.15, 0.2) is 0 Å². The molecular formula is C21H17BrN4O4. The van der Waals surface area contributed by atoms with E-state index in [1.54, 1.807) is 13.0 Å². The Kier molecular flexibility index (Phi) is 6.49. The summed E-state index contributed by atoms with van der Waals surface area (Å²) in [7, 11) is 0. The van der Waals surface area contributed by atoms with Crippen molar-refractivity contribution in [2.45, 2.75) is 13.5 Å². The van der Waals surface area contributed by atoms with Gasteiger partial charge in [-0.1, -0.05) is 30.3 Å². The quantitative estimate of drug-likeness (QED) is 0.285. The molecule has 8 nitrogen and oxygen atoms in total. The lowest BCUT2D eigenvalue weighted by Gasteiger charge is -2.12. The van der Waals surface area contributed by atoms with Crippen molar-refractivity contribution in [3.63, 3.8) is 0 Å². The number of esters is 1. The van der Waals surface area contributed by atoms with Gasteiger partial charge in [0.2, 0.25) is 0 Å². The third kappa shape index (κ3) is 4.50. The zero-order valence-electron chi connectivity index (χ0n) is 15.9. The zero-order chi connectivity index (χ0) is 21.7. The van der Waals surface area contributed by atoms with E-state index in [2.05, 4.69) is 32.3 Å². The molecule has 3 aromatic rings. The highest BCUT2D eigenvalue weighted by atomic mass is 79.9. The van der Waals surface area contributed by atoms with Gasteiger partial charge >= 0.3 is 5.97 Å². The minimum Gasteiger partial charge on any atom is -0.462 e. The van der Waals surface area contributed by atoms with Gasteiger partial charge in [0.1, 0.15) is 17.5 Å². The number of hydrogen-bond donors (Lipinski definition) is 2. The number of carbonyl (C=O) groups is 1. The molecule has 1 aromatic heterocycles. The van der Waals surface area contributed by atoms with Crippen LogP contribution in [0.2, 0.25) is 0 Å². The van der Waals surface area contributed by atoms with E-state index in [0.29, 0.717) is 10.3 Å². The van der Waals surface area contributed by atoms with Crippen molar-refractivity contribution >= 4 is 33.3 Å². The molecule has 0 aliphatic carbocycles. The van der Waals surface area contributed by atoms with Crippen molar-refractivity contribution in [1.82, 2.24) is 4.98 Å². The molecule has 1 heterocycles. The van der Waals surface area contributed by atoms with Gasteiger partial charge in [0.25, 0.3) is 5.69 Å². The maximum Gasteiger partial charge on any atom is 0.340 e. The van der Waals surface area contributed by atoms with E-state index in [0.717, 1.165) is 16.7 Å². The topological polar surface area (TPSA) is 121 Å². The Labute approximate surface area is 180 Å². The molecule has 0 aliphatic rings. The van der Waals surface area contributed by atoms with Gasteiger partial charge in [0, 0.05) is 18.2 Å². The van der Waals surface area contributed by atoms with Crippen molar-refractivity contribution in [3.05, 3.63) is 80.1 Å². The number of nitro benzene ring substituents is 1. The number of aromatic nitrogens is 1. The van der Waals surface area contributed by atoms with Crippen molar-refractivity contribution in [3.8, 4) is 17.2 Å². The van der Waals surface area contributed by atoms with Crippen molar-refractivity contribution in [2.24, 2.45) is 0 Å². The number of nitro groups is 1. The fraction of sp³-hybridized carbons (Fsp3) is 0.143. The Balaban J connectivity index is 1.83. The summed E-state index contributed by atoms with van der Waals surface area (Å²) in [4.78, 5) is 26.0. The highest BCUT2D eigenvalue weighted by Crippen LogP contribution is 2.31. The molecule has 30 heavy (non-hydrogen) atoms. The smallest absolute Gasteiger partial charge is 0.340 e. The van der Waals surface area contributed by atoms with Crippen LogP contribution < -0.4 is 5.32 Å². The molecule has 0 aliphatic heterocycles. The summed E-state index contributed by atoms with van der Waals surface area (Å²) in [5, 5.41) is 23.4. The number of benzene rings is 2. The zero-order valence-corrected chi connectivity index (χ0v) is 17.5. The number of H-pyrrole nitrogens is 1. The first-order valence-electron chi connectivity index (χ1n) is 9.01. The molecule has 0 bridgehead atoms. The van der Waals surface area contributed by atoms with Gasteiger partial charge in [-0.15, -0.1) is 0 Å². The lowest BCUT2D eigenvalue weighted by molar-refractivity contribution is -0.384. The van der Waals surface area contributed by atoms with E-state index >= 15 is 0 Å². The van der Waals surface area contributed by atoms with Crippen LogP contribution in [0.25, 0.3) is 11.1 Å². The maximum absolute atomic E-state index is 12.2. The minimum absolute atomic E-state index is 0.114. The molecule has 3 rings (SSSR count). The van der Waals surface area contributed by atoms with Gasteiger partial charge in [-0.05, 0) is 46.1 Å². The lowest BCUT2D eigenvalue weighted by atomic mass is 10.1. The molecule has 0 spiro atoms. The monoisotopic (exact) mass is 468 g/mol. The fourth-order valence-corrected chi connectivity index (χ4v) is 3.51. The Morgan fingerprint density at radius 3 is 2.63 bits per heavy atom. The number of rotatable bonds is 7. The van der Waals surface area contributed by atoms with Gasteiger partial charge in [-0.25, -0.2) is 4.79 Å². The average molecular weight is 469 g/mol. The van der Waals surface area contributed by atoms with Crippen molar-refractivity contribution < 1.29 is 14.5 Å². The number of carbonyl (C=O) groups excluding carboxylic acids is 1. The molecule has 152 valence electrons. The summed E-state index contributed by atoms with van der Waals surface area (Å²) in [6.07, 6.45) is 0. The molecule has 9 heteroatoms. The van der Waals surface area contributed by atoms with Crippen molar-refractivity contribution in [2.75, 3.05) is 11.9 Å². The largest absolute Gasteiger partial charge is 0.462 e. The highest BCUT2D eigenvalue weighted by molar-refractivity contribution is 9.10. The number of nitrogens with one attached hydrogen (secondary N) is 2. The first-order valence-corrected chi connectivity index (χ1v) is 9.80. The number of ether oxygens (including phenoxy) is 1. The van der Waals surface area contributed by atoms with Crippen LogP contribution in [-0.2, 0) is 11.3 Å². The maximum atomic E-state index is 12.2. The molecule has 0 amide bonds. The molecule has 0 fully saturated rings. The molecule has 0 saturated carbocycles. The lowest BCUT2D eigenvalue weighted by Crippen LogP contribution is -2.11. The van der Waals surface area contributed by atoms with Gasteiger partial charge in [-0.2, -0.15) is 5.26 Å². The molecule has 0 radical (unpaired) electrons. The summed E-state index contributed by atoms with van der Waals surface area (Å²) in [5.41, 5.74) is 3.11. The normalized spacial score (nSPS) is 10.3. The molecular weight excluding hydrogens is 452 g/mol. The van der Waals surface area contributed by atoms with E-state index < -0.39 is 10.9 Å².